The molecule has 16 heavy (non-hydrogen) atoms. The number of rotatable bonds is 5. The summed E-state index contributed by atoms with van der Waals surface area (Å²) in [6.07, 6.45) is 5.17. The van der Waals surface area contributed by atoms with E-state index in [9.17, 15) is 0 Å². The second-order valence-corrected chi connectivity index (χ2v) is 4.55. The van der Waals surface area contributed by atoms with E-state index in [1.54, 1.807) is 0 Å². The summed E-state index contributed by atoms with van der Waals surface area (Å²) in [5.41, 5.74) is 0.885. The fourth-order valence-electron chi connectivity index (χ4n) is 1.35. The van der Waals surface area contributed by atoms with E-state index in [1.807, 2.05) is 24.3 Å². The molecular formula is C13H17Cl2N. The lowest BCUT2D eigenvalue weighted by Crippen LogP contribution is -2.24. The molecule has 0 bridgehead atoms. The summed E-state index contributed by atoms with van der Waals surface area (Å²) in [5.74, 6) is 0. The molecule has 0 heterocycles. The van der Waals surface area contributed by atoms with Crippen molar-refractivity contribution >= 4 is 29.3 Å². The molecule has 1 nitrogen and oxygen atoms in total. The highest BCUT2D eigenvalue weighted by molar-refractivity contribution is 6.37. The van der Waals surface area contributed by atoms with Gasteiger partial charge in [0.15, 0.2) is 0 Å². The summed E-state index contributed by atoms with van der Waals surface area (Å²) in [4.78, 5) is 0. The highest BCUT2D eigenvalue weighted by atomic mass is 35.5. The molecule has 1 unspecified atom stereocenters. The molecular weight excluding hydrogens is 241 g/mol. The number of hydrogen-bond donors (Lipinski definition) is 1. The fraction of sp³-hybridized carbons (Fsp3) is 0.385. The molecule has 1 atom stereocenters. The van der Waals surface area contributed by atoms with Crippen LogP contribution in [0.1, 0.15) is 25.8 Å². The van der Waals surface area contributed by atoms with Gasteiger partial charge in [0, 0.05) is 21.7 Å². The normalized spacial score (nSPS) is 13.2. The molecule has 0 radical (unpaired) electrons. The Kier molecular flexibility index (Phi) is 5.89. The first kappa shape index (κ1) is 13.6. The van der Waals surface area contributed by atoms with Gasteiger partial charge in [0.2, 0.25) is 0 Å². The molecule has 1 aromatic rings. The minimum absolute atomic E-state index is 0.326. The highest BCUT2D eigenvalue weighted by Gasteiger charge is 2.01. The Morgan fingerprint density at radius 1 is 1.31 bits per heavy atom. The molecule has 1 rings (SSSR count). The van der Waals surface area contributed by atoms with Gasteiger partial charge in [-0.2, -0.15) is 0 Å². The van der Waals surface area contributed by atoms with Crippen LogP contribution in [0.5, 0.6) is 0 Å². The monoisotopic (exact) mass is 257 g/mol. The van der Waals surface area contributed by atoms with Gasteiger partial charge in [0.05, 0.1) is 0 Å². The smallest absolute Gasteiger partial charge is 0.0493 e. The van der Waals surface area contributed by atoms with Gasteiger partial charge < -0.3 is 5.32 Å². The van der Waals surface area contributed by atoms with Crippen LogP contribution in [0, 0.1) is 0 Å². The molecule has 1 N–H and O–H groups in total. The zero-order chi connectivity index (χ0) is 12.0. The third kappa shape index (κ3) is 4.17. The average Bonchev–Trinajstić information content (AvgIpc) is 2.25. The Morgan fingerprint density at radius 2 is 1.94 bits per heavy atom. The lowest BCUT2D eigenvalue weighted by molar-refractivity contribution is 0.625. The number of benzene rings is 1. The maximum atomic E-state index is 6.06. The van der Waals surface area contributed by atoms with Gasteiger partial charge in [0.25, 0.3) is 0 Å². The molecule has 0 aliphatic rings. The fourth-order valence-corrected chi connectivity index (χ4v) is 1.87. The average molecular weight is 258 g/mol. The number of nitrogens with one attached hydrogen (secondary N) is 1. The van der Waals surface area contributed by atoms with E-state index < -0.39 is 0 Å². The van der Waals surface area contributed by atoms with Crippen LogP contribution >= 0.6 is 23.2 Å². The minimum atomic E-state index is 0.326. The van der Waals surface area contributed by atoms with Crippen molar-refractivity contribution in [2.75, 3.05) is 6.54 Å². The molecule has 88 valence electrons. The molecule has 0 amide bonds. The molecule has 0 spiro atoms. The molecule has 0 saturated carbocycles. The summed E-state index contributed by atoms with van der Waals surface area (Å²) >= 11 is 12.1. The SMILES string of the molecule is CCCNC(C)/C=C/c1c(Cl)cccc1Cl. The van der Waals surface area contributed by atoms with Crippen LogP contribution in [-0.4, -0.2) is 12.6 Å². The Labute approximate surface area is 107 Å². The molecule has 0 aliphatic carbocycles. The Hall–Kier alpha value is -0.500. The third-order valence-corrected chi connectivity index (χ3v) is 2.93. The molecule has 3 heteroatoms. The van der Waals surface area contributed by atoms with Crippen molar-refractivity contribution < 1.29 is 0 Å². The maximum Gasteiger partial charge on any atom is 0.0493 e. The predicted molar refractivity (Wildman–Crippen MR) is 73.3 cm³/mol. The molecule has 0 aromatic heterocycles. The van der Waals surface area contributed by atoms with Crippen LogP contribution in [-0.2, 0) is 0 Å². The van der Waals surface area contributed by atoms with Crippen molar-refractivity contribution in [3.05, 3.63) is 39.9 Å². The van der Waals surface area contributed by atoms with Crippen molar-refractivity contribution in [3.8, 4) is 0 Å². The van der Waals surface area contributed by atoms with Crippen molar-refractivity contribution in [1.29, 1.82) is 0 Å². The number of hydrogen-bond acceptors (Lipinski definition) is 1. The van der Waals surface area contributed by atoms with E-state index in [0.717, 1.165) is 18.5 Å². The van der Waals surface area contributed by atoms with Gasteiger partial charge in [-0.25, -0.2) is 0 Å². The molecule has 0 fully saturated rings. The van der Waals surface area contributed by atoms with Crippen LogP contribution in [0.25, 0.3) is 6.08 Å². The van der Waals surface area contributed by atoms with Crippen molar-refractivity contribution in [2.24, 2.45) is 0 Å². The van der Waals surface area contributed by atoms with Crippen LogP contribution in [0.15, 0.2) is 24.3 Å². The molecule has 0 aliphatic heterocycles. The standard InChI is InChI=1S/C13H17Cl2N/c1-3-9-16-10(2)7-8-11-12(14)5-4-6-13(11)15/h4-8,10,16H,3,9H2,1-2H3/b8-7+. The van der Waals surface area contributed by atoms with E-state index in [1.165, 1.54) is 0 Å². The lowest BCUT2D eigenvalue weighted by Gasteiger charge is -2.08. The lowest BCUT2D eigenvalue weighted by atomic mass is 10.2. The summed E-state index contributed by atoms with van der Waals surface area (Å²) in [5, 5.41) is 4.74. The van der Waals surface area contributed by atoms with Crippen molar-refractivity contribution in [1.82, 2.24) is 5.32 Å². The van der Waals surface area contributed by atoms with Gasteiger partial charge in [-0.1, -0.05) is 48.3 Å². The molecule has 0 saturated heterocycles. The first-order chi connectivity index (χ1) is 7.65. The topological polar surface area (TPSA) is 12.0 Å². The second-order valence-electron chi connectivity index (χ2n) is 3.74. The molecule has 1 aromatic carbocycles. The first-order valence-electron chi connectivity index (χ1n) is 5.50. The van der Waals surface area contributed by atoms with Gasteiger partial charge >= 0.3 is 0 Å². The van der Waals surface area contributed by atoms with Gasteiger partial charge in [-0.15, -0.1) is 0 Å². The third-order valence-electron chi connectivity index (χ3n) is 2.27. The van der Waals surface area contributed by atoms with Crippen molar-refractivity contribution in [2.45, 2.75) is 26.3 Å². The van der Waals surface area contributed by atoms with E-state index in [0.29, 0.717) is 16.1 Å². The summed E-state index contributed by atoms with van der Waals surface area (Å²) in [7, 11) is 0. The first-order valence-corrected chi connectivity index (χ1v) is 6.26. The Balaban J connectivity index is 2.68. The van der Waals surface area contributed by atoms with E-state index >= 15 is 0 Å². The van der Waals surface area contributed by atoms with E-state index in [-0.39, 0.29) is 0 Å². The van der Waals surface area contributed by atoms with E-state index in [4.69, 9.17) is 23.2 Å². The quantitative estimate of drug-likeness (QED) is 0.825. The largest absolute Gasteiger partial charge is 0.311 e. The number of halogens is 2. The summed E-state index contributed by atoms with van der Waals surface area (Å²) in [6.45, 7) is 5.27. The summed E-state index contributed by atoms with van der Waals surface area (Å²) in [6, 6.07) is 5.86. The van der Waals surface area contributed by atoms with Crippen molar-refractivity contribution in [3.63, 3.8) is 0 Å². The summed E-state index contributed by atoms with van der Waals surface area (Å²) < 4.78 is 0. The van der Waals surface area contributed by atoms with Crippen LogP contribution in [0.3, 0.4) is 0 Å². The maximum absolute atomic E-state index is 6.06. The van der Waals surface area contributed by atoms with E-state index in [2.05, 4.69) is 25.2 Å². The Morgan fingerprint density at radius 3 is 2.50 bits per heavy atom. The minimum Gasteiger partial charge on any atom is -0.311 e. The van der Waals surface area contributed by atoms with Crippen LogP contribution in [0.4, 0.5) is 0 Å². The highest BCUT2D eigenvalue weighted by Crippen LogP contribution is 2.25. The van der Waals surface area contributed by atoms with Gasteiger partial charge in [0.1, 0.15) is 0 Å². The van der Waals surface area contributed by atoms with Crippen LogP contribution < -0.4 is 5.32 Å². The van der Waals surface area contributed by atoms with Gasteiger partial charge in [-0.3, -0.25) is 0 Å². The zero-order valence-corrected chi connectivity index (χ0v) is 11.1. The second kappa shape index (κ2) is 6.95. The Bertz CT molecular complexity index is 341. The van der Waals surface area contributed by atoms with Gasteiger partial charge in [-0.05, 0) is 32.0 Å². The zero-order valence-electron chi connectivity index (χ0n) is 9.63. The predicted octanol–water partition coefficient (Wildman–Crippen LogP) is 4.39. The van der Waals surface area contributed by atoms with Crippen LogP contribution in [0.2, 0.25) is 10.0 Å².